The van der Waals surface area contributed by atoms with Crippen molar-refractivity contribution in [3.05, 3.63) is 47.8 Å². The number of methoxy groups -OCH3 is 1. The molecule has 1 aromatic carbocycles. The Hall–Kier alpha value is -2.48. The number of pyridine rings is 1. The molecule has 4 rings (SSSR count). The lowest BCUT2D eigenvalue weighted by Gasteiger charge is -2.30. The molecule has 0 aliphatic heterocycles. The second-order valence-electron chi connectivity index (χ2n) is 9.07. The summed E-state index contributed by atoms with van der Waals surface area (Å²) in [7, 11) is 1.65. The molecule has 0 atom stereocenters. The maximum absolute atomic E-state index is 14.7. The largest absolute Gasteiger partial charge is 0.381 e. The highest BCUT2D eigenvalue weighted by molar-refractivity contribution is 5.97. The summed E-state index contributed by atoms with van der Waals surface area (Å²) in [5.41, 5.74) is 1.04. The van der Waals surface area contributed by atoms with Crippen molar-refractivity contribution in [1.29, 1.82) is 0 Å². The molecule has 0 spiro atoms. The molecule has 1 heterocycles. The van der Waals surface area contributed by atoms with Gasteiger partial charge in [-0.15, -0.1) is 0 Å². The van der Waals surface area contributed by atoms with Gasteiger partial charge in [-0.1, -0.05) is 0 Å². The molecule has 2 fully saturated rings. The third-order valence-corrected chi connectivity index (χ3v) is 6.93. The van der Waals surface area contributed by atoms with Gasteiger partial charge in [-0.05, 0) is 62.8 Å². The molecule has 2 saturated carbocycles. The molecular weight excluding hydrogens is 436 g/mol. The van der Waals surface area contributed by atoms with Gasteiger partial charge in [0.25, 0.3) is 0 Å². The van der Waals surface area contributed by atoms with Crippen molar-refractivity contribution in [2.45, 2.75) is 69.3 Å². The molecule has 0 bridgehead atoms. The van der Waals surface area contributed by atoms with Gasteiger partial charge in [0.1, 0.15) is 11.6 Å². The van der Waals surface area contributed by atoms with E-state index in [1.165, 1.54) is 12.3 Å². The predicted molar refractivity (Wildman–Crippen MR) is 117 cm³/mol. The van der Waals surface area contributed by atoms with Crippen molar-refractivity contribution in [3.8, 4) is 11.1 Å². The predicted octanol–water partition coefficient (Wildman–Crippen LogP) is 6.46. The fourth-order valence-electron chi connectivity index (χ4n) is 4.95. The zero-order valence-corrected chi connectivity index (χ0v) is 18.6. The van der Waals surface area contributed by atoms with E-state index in [2.05, 4.69) is 10.3 Å². The van der Waals surface area contributed by atoms with Crippen LogP contribution in [0.25, 0.3) is 11.1 Å². The van der Waals surface area contributed by atoms with Crippen molar-refractivity contribution in [2.75, 3.05) is 12.4 Å². The molecule has 1 aromatic heterocycles. The fraction of sp³-hybridized carbons (Fsp3) is 0.520. The van der Waals surface area contributed by atoms with Gasteiger partial charge in [-0.3, -0.25) is 9.78 Å². The maximum atomic E-state index is 14.7. The number of hydrogen-bond acceptors (Lipinski definition) is 3. The van der Waals surface area contributed by atoms with E-state index in [1.807, 2.05) is 0 Å². The zero-order chi connectivity index (χ0) is 23.6. The van der Waals surface area contributed by atoms with Crippen LogP contribution >= 0.6 is 0 Å². The van der Waals surface area contributed by atoms with Crippen LogP contribution in [-0.4, -0.2) is 30.0 Å². The Morgan fingerprint density at radius 3 is 2.39 bits per heavy atom. The number of hydrogen-bond donors (Lipinski definition) is 1. The van der Waals surface area contributed by atoms with Crippen LogP contribution in [0, 0.1) is 17.6 Å². The molecule has 0 radical (unpaired) electrons. The van der Waals surface area contributed by atoms with Crippen molar-refractivity contribution in [3.63, 3.8) is 0 Å². The highest BCUT2D eigenvalue weighted by atomic mass is 19.3. The standard InChI is InChI=1S/C25H28F4N2O2/c1-33-18-5-2-16(3-6-18)24(32)31-23-19(20-14-17(26)4-7-21(20)27)10-13-30-22(23)15-8-11-25(28,29)12-9-15/h4,7,10,13-16,18H,2-3,5-6,8-9,11-12H2,1H3,(H,31,32)/t16-,18-. The first-order chi connectivity index (χ1) is 15.8. The average Bonchev–Trinajstić information content (AvgIpc) is 2.81. The van der Waals surface area contributed by atoms with Gasteiger partial charge in [0.15, 0.2) is 0 Å². The van der Waals surface area contributed by atoms with Crippen LogP contribution in [0.3, 0.4) is 0 Å². The fourth-order valence-corrected chi connectivity index (χ4v) is 4.95. The van der Waals surface area contributed by atoms with Gasteiger partial charge >= 0.3 is 0 Å². The Bertz CT molecular complexity index is 996. The number of amides is 1. The van der Waals surface area contributed by atoms with Crippen LogP contribution < -0.4 is 5.32 Å². The molecule has 178 valence electrons. The van der Waals surface area contributed by atoms with Gasteiger partial charge in [0.2, 0.25) is 11.8 Å². The Balaban J connectivity index is 1.69. The lowest BCUT2D eigenvalue weighted by molar-refractivity contribution is -0.121. The molecule has 0 unspecified atom stereocenters. The van der Waals surface area contributed by atoms with E-state index in [1.54, 1.807) is 7.11 Å². The number of halogens is 4. The molecule has 0 saturated heterocycles. The number of aromatic nitrogens is 1. The number of anilines is 1. The van der Waals surface area contributed by atoms with Gasteiger partial charge in [-0.25, -0.2) is 17.6 Å². The van der Waals surface area contributed by atoms with Crippen LogP contribution in [0.4, 0.5) is 23.2 Å². The van der Waals surface area contributed by atoms with Gasteiger partial charge in [0, 0.05) is 49.1 Å². The molecule has 2 aromatic rings. The first kappa shape index (κ1) is 23.7. The van der Waals surface area contributed by atoms with E-state index in [-0.39, 0.29) is 60.8 Å². The van der Waals surface area contributed by atoms with E-state index in [0.717, 1.165) is 31.0 Å². The zero-order valence-electron chi connectivity index (χ0n) is 18.6. The normalized spacial score (nSPS) is 23.3. The summed E-state index contributed by atoms with van der Waals surface area (Å²) in [5, 5.41) is 2.93. The summed E-state index contributed by atoms with van der Waals surface area (Å²) in [4.78, 5) is 17.6. The first-order valence-electron chi connectivity index (χ1n) is 11.4. The number of carbonyl (C=O) groups is 1. The molecular formula is C25H28F4N2O2. The highest BCUT2D eigenvalue weighted by Gasteiger charge is 2.37. The second kappa shape index (κ2) is 9.79. The summed E-state index contributed by atoms with van der Waals surface area (Å²) in [6.07, 6.45) is 4.28. The van der Waals surface area contributed by atoms with Crippen LogP contribution in [0.2, 0.25) is 0 Å². The average molecular weight is 465 g/mol. The van der Waals surface area contributed by atoms with Gasteiger partial charge in [-0.2, -0.15) is 0 Å². The van der Waals surface area contributed by atoms with Crippen molar-refractivity contribution in [2.24, 2.45) is 5.92 Å². The minimum Gasteiger partial charge on any atom is -0.381 e. The first-order valence-corrected chi connectivity index (χ1v) is 11.4. The highest BCUT2D eigenvalue weighted by Crippen LogP contribution is 2.44. The summed E-state index contributed by atoms with van der Waals surface area (Å²) in [5.74, 6) is -4.74. The number of rotatable bonds is 5. The monoisotopic (exact) mass is 464 g/mol. The van der Waals surface area contributed by atoms with Gasteiger partial charge in [0.05, 0.1) is 17.5 Å². The Labute approximate surface area is 190 Å². The van der Waals surface area contributed by atoms with Crippen LogP contribution in [-0.2, 0) is 9.53 Å². The summed E-state index contributed by atoms with van der Waals surface area (Å²) >= 11 is 0. The minimum atomic E-state index is -2.72. The second-order valence-corrected chi connectivity index (χ2v) is 9.07. The number of ether oxygens (including phenoxy) is 1. The number of alkyl halides is 2. The topological polar surface area (TPSA) is 51.2 Å². The van der Waals surface area contributed by atoms with E-state index in [9.17, 15) is 22.4 Å². The molecule has 33 heavy (non-hydrogen) atoms. The number of nitrogens with zero attached hydrogens (tertiary/aromatic N) is 1. The van der Waals surface area contributed by atoms with E-state index in [0.29, 0.717) is 24.1 Å². The SMILES string of the molecule is CO[C@H]1CC[C@H](C(=O)Nc2c(-c3cc(F)ccc3F)ccnc2C2CCC(F)(F)CC2)CC1. The number of nitrogens with one attached hydrogen (secondary N) is 1. The van der Waals surface area contributed by atoms with E-state index in [4.69, 9.17) is 4.74 Å². The molecule has 8 heteroatoms. The van der Waals surface area contributed by atoms with Crippen LogP contribution in [0.5, 0.6) is 0 Å². The smallest absolute Gasteiger partial charge is 0.248 e. The summed E-state index contributed by atoms with van der Waals surface area (Å²) in [6.45, 7) is 0. The van der Waals surface area contributed by atoms with Crippen molar-refractivity contribution < 1.29 is 27.1 Å². The lowest BCUT2D eigenvalue weighted by Crippen LogP contribution is -2.30. The number of benzene rings is 1. The Morgan fingerprint density at radius 2 is 1.73 bits per heavy atom. The number of carbonyl (C=O) groups excluding carboxylic acids is 1. The molecule has 1 amide bonds. The van der Waals surface area contributed by atoms with Crippen molar-refractivity contribution in [1.82, 2.24) is 4.98 Å². The Kier molecular flexibility index (Phi) is 7.02. The van der Waals surface area contributed by atoms with E-state index >= 15 is 0 Å². The molecule has 2 aliphatic carbocycles. The maximum Gasteiger partial charge on any atom is 0.248 e. The van der Waals surface area contributed by atoms with E-state index < -0.39 is 17.6 Å². The minimum absolute atomic E-state index is 0.00168. The quantitative estimate of drug-likeness (QED) is 0.517. The third-order valence-electron chi connectivity index (χ3n) is 6.93. The summed E-state index contributed by atoms with van der Waals surface area (Å²) < 4.78 is 61.5. The Morgan fingerprint density at radius 1 is 1.03 bits per heavy atom. The molecule has 1 N–H and O–H groups in total. The summed E-state index contributed by atoms with van der Waals surface area (Å²) in [6, 6.07) is 4.65. The molecule has 2 aliphatic rings. The van der Waals surface area contributed by atoms with Crippen LogP contribution in [0.1, 0.15) is 63.0 Å². The van der Waals surface area contributed by atoms with Crippen LogP contribution in [0.15, 0.2) is 30.5 Å². The lowest BCUT2D eigenvalue weighted by atomic mass is 9.82. The van der Waals surface area contributed by atoms with Gasteiger partial charge < -0.3 is 10.1 Å². The molecule has 4 nitrogen and oxygen atoms in total. The van der Waals surface area contributed by atoms with Crippen molar-refractivity contribution >= 4 is 11.6 Å². The third kappa shape index (κ3) is 5.37.